The molecular weight excluding hydrogens is 503 g/mol. The van der Waals surface area contributed by atoms with Gasteiger partial charge < -0.3 is 30.7 Å². The minimum atomic E-state index is -4.74. The third kappa shape index (κ3) is 6.91. The Morgan fingerprint density at radius 3 is 2.42 bits per heavy atom. The van der Waals surface area contributed by atoms with Gasteiger partial charge in [-0.3, -0.25) is 9.78 Å². The van der Waals surface area contributed by atoms with Crippen LogP contribution >= 0.6 is 0 Å². The smallest absolute Gasteiger partial charge is 0.421 e. The Kier molecular flexibility index (Phi) is 8.31. The highest BCUT2D eigenvalue weighted by Gasteiger charge is 2.38. The van der Waals surface area contributed by atoms with Crippen LogP contribution in [0.3, 0.4) is 0 Å². The number of alkyl halides is 3. The van der Waals surface area contributed by atoms with E-state index in [2.05, 4.69) is 26.3 Å². The predicted octanol–water partition coefficient (Wildman–Crippen LogP) is 5.03. The molecule has 0 spiro atoms. The first-order chi connectivity index (χ1) is 18.2. The number of hydrogen-bond acceptors (Lipinski definition) is 6. The van der Waals surface area contributed by atoms with Crippen LogP contribution in [0.4, 0.5) is 29.3 Å². The van der Waals surface area contributed by atoms with Crippen LogP contribution in [0, 0.1) is 0 Å². The maximum absolute atomic E-state index is 13.9. The van der Waals surface area contributed by atoms with Crippen molar-refractivity contribution in [2.75, 3.05) is 30.8 Å². The molecule has 1 aliphatic heterocycles. The van der Waals surface area contributed by atoms with Gasteiger partial charge in [0, 0.05) is 25.0 Å². The monoisotopic (exact) mass is 529 g/mol. The summed E-state index contributed by atoms with van der Waals surface area (Å²) in [4.78, 5) is 28.2. The first kappa shape index (κ1) is 26.7. The second kappa shape index (κ2) is 11.8. The van der Waals surface area contributed by atoms with Crippen LogP contribution < -0.4 is 30.7 Å². The number of pyridine rings is 1. The lowest BCUT2D eigenvalue weighted by Gasteiger charge is -2.26. The topological polar surface area (TPSA) is 114 Å². The highest BCUT2D eigenvalue weighted by molar-refractivity contribution is 6.00. The number of nitrogens with zero attached hydrogens (tertiary/aromatic N) is 1. The van der Waals surface area contributed by atoms with Crippen molar-refractivity contribution in [2.45, 2.75) is 25.1 Å². The number of aromatic nitrogens is 1. The lowest BCUT2D eigenvalue weighted by atomic mass is 10.1. The van der Waals surface area contributed by atoms with Gasteiger partial charge in [0.15, 0.2) is 0 Å². The molecule has 3 aromatic rings. The van der Waals surface area contributed by atoms with Crippen molar-refractivity contribution < 1.29 is 32.2 Å². The number of hydrogen-bond donors (Lipinski definition) is 4. The molecule has 3 amide bonds. The fourth-order valence-corrected chi connectivity index (χ4v) is 3.87. The van der Waals surface area contributed by atoms with E-state index in [4.69, 9.17) is 9.47 Å². The van der Waals surface area contributed by atoms with Gasteiger partial charge in [0.1, 0.15) is 34.6 Å². The van der Waals surface area contributed by atoms with Gasteiger partial charge in [-0.1, -0.05) is 6.07 Å². The summed E-state index contributed by atoms with van der Waals surface area (Å²) in [5.74, 6) is 0.105. The molecule has 0 saturated carbocycles. The lowest BCUT2D eigenvalue weighted by Crippen LogP contribution is -2.34. The summed E-state index contributed by atoms with van der Waals surface area (Å²) in [6.45, 7) is 1.32. The number of urea groups is 1. The Labute approximate surface area is 216 Å². The van der Waals surface area contributed by atoms with Gasteiger partial charge in [-0.15, -0.1) is 0 Å². The van der Waals surface area contributed by atoms with Crippen molar-refractivity contribution in [1.82, 2.24) is 15.6 Å². The van der Waals surface area contributed by atoms with Crippen molar-refractivity contribution in [2.24, 2.45) is 0 Å². The molecule has 0 radical (unpaired) electrons. The van der Waals surface area contributed by atoms with Gasteiger partial charge in [-0.25, -0.2) is 4.79 Å². The fourth-order valence-electron chi connectivity index (χ4n) is 3.87. The molecule has 4 rings (SSSR count). The SMILES string of the molecule is CNC(=O)c1cc(Oc2ccc(NC(=O)Nc3cccc(OC4CCNCC4)c3C(F)(F)F)cc2)ccn1. The Morgan fingerprint density at radius 1 is 1.00 bits per heavy atom. The van der Waals surface area contributed by atoms with E-state index in [1.807, 2.05) is 0 Å². The summed E-state index contributed by atoms with van der Waals surface area (Å²) in [6, 6.07) is 12.2. The number of ether oxygens (including phenoxy) is 2. The lowest BCUT2D eigenvalue weighted by molar-refractivity contribution is -0.138. The average Bonchev–Trinajstić information content (AvgIpc) is 2.89. The van der Waals surface area contributed by atoms with Crippen molar-refractivity contribution >= 4 is 23.3 Å². The maximum atomic E-state index is 13.9. The highest BCUT2D eigenvalue weighted by atomic mass is 19.4. The first-order valence-corrected chi connectivity index (χ1v) is 11.8. The molecule has 1 saturated heterocycles. The number of benzene rings is 2. The van der Waals surface area contributed by atoms with Gasteiger partial charge in [-0.2, -0.15) is 13.2 Å². The van der Waals surface area contributed by atoms with E-state index in [0.29, 0.717) is 43.1 Å². The zero-order valence-electron chi connectivity index (χ0n) is 20.4. The molecule has 200 valence electrons. The van der Waals surface area contributed by atoms with E-state index in [1.165, 1.54) is 49.6 Å². The van der Waals surface area contributed by atoms with Gasteiger partial charge in [0.2, 0.25) is 0 Å². The highest BCUT2D eigenvalue weighted by Crippen LogP contribution is 2.42. The largest absolute Gasteiger partial charge is 0.490 e. The van der Waals surface area contributed by atoms with Crippen LogP contribution in [-0.4, -0.2) is 43.2 Å². The molecule has 38 heavy (non-hydrogen) atoms. The number of amides is 3. The summed E-state index contributed by atoms with van der Waals surface area (Å²) in [5.41, 5.74) is -0.938. The van der Waals surface area contributed by atoms with Crippen LogP contribution in [0.2, 0.25) is 0 Å². The van der Waals surface area contributed by atoms with E-state index in [-0.39, 0.29) is 23.5 Å². The molecule has 4 N–H and O–H groups in total. The van der Waals surface area contributed by atoms with Crippen molar-refractivity contribution in [1.29, 1.82) is 0 Å². The van der Waals surface area contributed by atoms with Gasteiger partial charge in [0.05, 0.1) is 5.69 Å². The van der Waals surface area contributed by atoms with Crippen LogP contribution in [0.5, 0.6) is 17.2 Å². The quantitative estimate of drug-likeness (QED) is 0.342. The molecule has 2 aromatic carbocycles. The normalized spacial score (nSPS) is 13.9. The zero-order chi connectivity index (χ0) is 27.1. The minimum Gasteiger partial charge on any atom is -0.490 e. The Balaban J connectivity index is 1.42. The third-order valence-electron chi connectivity index (χ3n) is 5.68. The second-order valence-corrected chi connectivity index (χ2v) is 8.41. The molecule has 0 aliphatic carbocycles. The van der Waals surface area contributed by atoms with Crippen molar-refractivity contribution in [3.05, 3.63) is 72.1 Å². The van der Waals surface area contributed by atoms with Gasteiger partial charge in [0.25, 0.3) is 5.91 Å². The van der Waals surface area contributed by atoms with Crippen molar-refractivity contribution in [3.63, 3.8) is 0 Å². The third-order valence-corrected chi connectivity index (χ3v) is 5.68. The van der Waals surface area contributed by atoms with Crippen LogP contribution in [0.25, 0.3) is 0 Å². The second-order valence-electron chi connectivity index (χ2n) is 8.41. The molecule has 12 heteroatoms. The number of carbonyl (C=O) groups is 2. The zero-order valence-corrected chi connectivity index (χ0v) is 20.4. The van der Waals surface area contributed by atoms with Gasteiger partial charge >= 0.3 is 12.2 Å². The summed E-state index contributed by atoms with van der Waals surface area (Å²) in [6.07, 6.45) is -2.47. The fraction of sp³-hybridized carbons (Fsp3) is 0.269. The summed E-state index contributed by atoms with van der Waals surface area (Å²) < 4.78 is 53.2. The summed E-state index contributed by atoms with van der Waals surface area (Å²) >= 11 is 0. The molecule has 2 heterocycles. The van der Waals surface area contributed by atoms with Gasteiger partial charge in [-0.05, 0) is 68.4 Å². The van der Waals surface area contributed by atoms with Crippen LogP contribution in [0.1, 0.15) is 28.9 Å². The number of piperidine rings is 1. The number of halogens is 3. The van der Waals surface area contributed by atoms with E-state index in [0.717, 1.165) is 0 Å². The maximum Gasteiger partial charge on any atom is 0.421 e. The molecule has 9 nitrogen and oxygen atoms in total. The van der Waals surface area contributed by atoms with E-state index in [1.54, 1.807) is 18.2 Å². The molecule has 0 unspecified atom stereocenters. The standard InChI is InChI=1S/C26H26F3N5O4/c1-30-24(35)21-15-19(11-14-32-21)37-17-7-5-16(6-8-17)33-25(36)34-20-3-2-4-22(23(20)26(27,28)29)38-18-9-12-31-13-10-18/h2-8,11,14-15,18,31H,9-10,12-13H2,1H3,(H,30,35)(H2,33,34,36). The molecule has 1 fully saturated rings. The van der Waals surface area contributed by atoms with E-state index >= 15 is 0 Å². The molecule has 0 bridgehead atoms. The van der Waals surface area contributed by atoms with E-state index < -0.39 is 23.5 Å². The van der Waals surface area contributed by atoms with Crippen LogP contribution in [-0.2, 0) is 6.18 Å². The Bertz CT molecular complexity index is 1280. The number of anilines is 2. The number of nitrogens with one attached hydrogen (secondary N) is 4. The number of rotatable bonds is 7. The average molecular weight is 530 g/mol. The summed E-state index contributed by atoms with van der Waals surface area (Å²) in [5, 5.41) is 10.4. The molecule has 1 aromatic heterocycles. The minimum absolute atomic E-state index is 0.184. The number of carbonyl (C=O) groups excluding carboxylic acids is 2. The summed E-state index contributed by atoms with van der Waals surface area (Å²) in [7, 11) is 1.49. The molecule has 1 aliphatic rings. The Hall–Kier alpha value is -4.32. The first-order valence-electron chi connectivity index (χ1n) is 11.8. The van der Waals surface area contributed by atoms with Crippen molar-refractivity contribution in [3.8, 4) is 17.2 Å². The van der Waals surface area contributed by atoms with E-state index in [9.17, 15) is 22.8 Å². The molecule has 0 atom stereocenters. The molecular formula is C26H26F3N5O4. The van der Waals surface area contributed by atoms with Crippen LogP contribution in [0.15, 0.2) is 60.8 Å². The Morgan fingerprint density at radius 2 is 1.74 bits per heavy atom. The predicted molar refractivity (Wildman–Crippen MR) is 135 cm³/mol.